The number of carboxylic acid groups (broad SMARTS) is 1. The van der Waals surface area contributed by atoms with Crippen LogP contribution in [0.3, 0.4) is 0 Å². The highest BCUT2D eigenvalue weighted by molar-refractivity contribution is 5.83. The summed E-state index contributed by atoms with van der Waals surface area (Å²) >= 11 is 0. The maximum absolute atomic E-state index is 12.8. The zero-order chi connectivity index (χ0) is 26.3. The van der Waals surface area contributed by atoms with Crippen molar-refractivity contribution < 1.29 is 29.0 Å². The predicted octanol–water partition coefficient (Wildman–Crippen LogP) is 2.46. The third-order valence-electron chi connectivity index (χ3n) is 5.37. The minimum Gasteiger partial charge on any atom is -0.480 e. The van der Waals surface area contributed by atoms with Crippen LogP contribution in [-0.4, -0.2) is 57.2 Å². The quantitative estimate of drug-likeness (QED) is 0.495. The molecule has 1 aliphatic carbocycles. The number of carbonyl (C=O) groups excluding carboxylic acids is 2. The molecule has 0 spiro atoms. The first-order valence-corrected chi connectivity index (χ1v) is 11.6. The van der Waals surface area contributed by atoms with E-state index in [0.717, 1.165) is 16.7 Å². The molecule has 12 nitrogen and oxygen atoms in total. The maximum atomic E-state index is 12.8. The highest BCUT2D eigenvalue weighted by Crippen LogP contribution is 2.24. The van der Waals surface area contributed by atoms with Crippen molar-refractivity contribution in [3.05, 3.63) is 58.6 Å². The smallest absolute Gasteiger partial charge is 0.413 e. The average molecular weight is 502 g/mol. The van der Waals surface area contributed by atoms with Crippen LogP contribution in [0.25, 0.3) is 0 Å². The van der Waals surface area contributed by atoms with E-state index >= 15 is 0 Å². The lowest BCUT2D eigenvalue weighted by Crippen LogP contribution is -2.58. The molecule has 0 unspecified atom stereocenters. The number of aromatic nitrogens is 2. The number of aliphatic carboxylic acids is 1. The number of nitrogens with zero attached hydrogens (tertiary/aromatic N) is 3. The van der Waals surface area contributed by atoms with Gasteiger partial charge in [0.2, 0.25) is 0 Å². The van der Waals surface area contributed by atoms with Gasteiger partial charge in [-0.2, -0.15) is 4.98 Å². The Hall–Kier alpha value is -4.09. The lowest BCUT2D eigenvalue weighted by atomic mass is 10.1. The summed E-state index contributed by atoms with van der Waals surface area (Å²) in [6.45, 7) is 4.78. The monoisotopic (exact) mass is 501 g/mol. The number of hydrogen-bond acceptors (Lipinski definition) is 8. The Bertz CT molecular complexity index is 1130. The van der Waals surface area contributed by atoms with Gasteiger partial charge in [0.05, 0.1) is 12.1 Å². The molecule has 1 heterocycles. The fourth-order valence-corrected chi connectivity index (χ4v) is 3.94. The van der Waals surface area contributed by atoms with Crippen LogP contribution in [0.1, 0.15) is 45.6 Å². The summed E-state index contributed by atoms with van der Waals surface area (Å²) in [6, 6.07) is 9.54. The molecule has 12 heteroatoms. The van der Waals surface area contributed by atoms with Crippen molar-refractivity contribution in [1.29, 1.82) is 0 Å². The number of ether oxygens (including phenoxy) is 2. The SMILES string of the molecule is CC(C)(C)OC(=O)N[C@@H]1CCC[C@@H]1N(CC(=O)O)n1ccc(NC(=O)OCc2ccccc2)nc1=O. The zero-order valence-corrected chi connectivity index (χ0v) is 20.5. The van der Waals surface area contributed by atoms with E-state index in [9.17, 15) is 24.3 Å². The lowest BCUT2D eigenvalue weighted by Gasteiger charge is -2.34. The van der Waals surface area contributed by atoms with Gasteiger partial charge in [0, 0.05) is 6.20 Å². The van der Waals surface area contributed by atoms with Gasteiger partial charge < -0.3 is 19.9 Å². The molecular weight excluding hydrogens is 470 g/mol. The largest absolute Gasteiger partial charge is 0.480 e. The first-order chi connectivity index (χ1) is 17.0. The Kier molecular flexibility index (Phi) is 8.51. The van der Waals surface area contributed by atoms with Crippen LogP contribution < -0.4 is 21.3 Å². The highest BCUT2D eigenvalue weighted by Gasteiger charge is 2.36. The maximum Gasteiger partial charge on any atom is 0.413 e. The zero-order valence-electron chi connectivity index (χ0n) is 20.5. The van der Waals surface area contributed by atoms with Crippen LogP contribution in [0.2, 0.25) is 0 Å². The molecule has 2 atom stereocenters. The van der Waals surface area contributed by atoms with Crippen molar-refractivity contribution in [1.82, 2.24) is 15.0 Å². The van der Waals surface area contributed by atoms with Crippen LogP contribution in [-0.2, 0) is 20.9 Å². The van der Waals surface area contributed by atoms with Crippen molar-refractivity contribution in [3.8, 4) is 0 Å². The van der Waals surface area contributed by atoms with E-state index in [0.29, 0.717) is 12.8 Å². The van der Waals surface area contributed by atoms with E-state index < -0.39 is 48.1 Å². The molecule has 0 aliphatic heterocycles. The second kappa shape index (κ2) is 11.6. The van der Waals surface area contributed by atoms with Crippen LogP contribution in [0.4, 0.5) is 15.4 Å². The van der Waals surface area contributed by atoms with Crippen molar-refractivity contribution in [3.63, 3.8) is 0 Å². The molecule has 2 amide bonds. The summed E-state index contributed by atoms with van der Waals surface area (Å²) in [4.78, 5) is 52.7. The molecule has 2 aromatic rings. The van der Waals surface area contributed by atoms with Crippen LogP contribution >= 0.6 is 0 Å². The first kappa shape index (κ1) is 26.5. The summed E-state index contributed by atoms with van der Waals surface area (Å²) in [5.74, 6) is -1.20. The van der Waals surface area contributed by atoms with Crippen LogP contribution in [0.5, 0.6) is 0 Å². The number of benzene rings is 1. The molecule has 1 aliphatic rings. The Labute approximate surface area is 208 Å². The fourth-order valence-electron chi connectivity index (χ4n) is 3.94. The molecule has 0 saturated heterocycles. The molecule has 1 aromatic heterocycles. The molecular formula is C24H31N5O7. The topological polar surface area (TPSA) is 152 Å². The minimum atomic E-state index is -1.16. The second-order valence-electron chi connectivity index (χ2n) is 9.37. The third-order valence-corrected chi connectivity index (χ3v) is 5.37. The molecule has 194 valence electrons. The summed E-state index contributed by atoms with van der Waals surface area (Å²) in [6.07, 6.45) is 1.78. The number of alkyl carbamates (subject to hydrolysis) is 1. The van der Waals surface area contributed by atoms with Crippen molar-refractivity contribution in [2.45, 2.75) is 64.3 Å². The standard InChI is InChI=1S/C24H31N5O7/c1-24(2,3)36-23(34)25-17-10-7-11-18(17)29(14-20(30)31)28-13-12-19(26-21(28)32)27-22(33)35-15-16-8-5-4-6-9-16/h4-6,8-9,12-13,17-18H,7,10-11,14-15H2,1-3H3,(H,25,34)(H,30,31)(H,26,27,32,33)/t17-,18+/m1/s1. The van der Waals surface area contributed by atoms with Crippen LogP contribution in [0.15, 0.2) is 47.4 Å². The van der Waals surface area contributed by atoms with Gasteiger partial charge in [-0.1, -0.05) is 30.3 Å². The summed E-state index contributed by atoms with van der Waals surface area (Å²) < 4.78 is 11.5. The van der Waals surface area contributed by atoms with Gasteiger partial charge in [0.25, 0.3) is 0 Å². The molecule has 1 saturated carbocycles. The van der Waals surface area contributed by atoms with Gasteiger partial charge in [0.1, 0.15) is 24.6 Å². The molecule has 3 rings (SSSR count). The minimum absolute atomic E-state index is 0.0422. The fraction of sp³-hybridized carbons (Fsp3) is 0.458. The van der Waals surface area contributed by atoms with E-state index in [1.807, 2.05) is 18.2 Å². The van der Waals surface area contributed by atoms with Gasteiger partial charge >= 0.3 is 23.8 Å². The number of carbonyl (C=O) groups is 3. The molecule has 3 N–H and O–H groups in total. The molecule has 36 heavy (non-hydrogen) atoms. The van der Waals surface area contributed by atoms with Crippen LogP contribution in [0, 0.1) is 0 Å². The molecule has 0 radical (unpaired) electrons. The van der Waals surface area contributed by atoms with E-state index in [4.69, 9.17) is 9.47 Å². The van der Waals surface area contributed by atoms with Gasteiger partial charge in [-0.25, -0.2) is 19.1 Å². The number of carboxylic acids is 1. The number of amides is 2. The summed E-state index contributed by atoms with van der Waals surface area (Å²) in [5.41, 5.74) is -0.684. The second-order valence-corrected chi connectivity index (χ2v) is 9.37. The Morgan fingerprint density at radius 2 is 1.86 bits per heavy atom. The van der Waals surface area contributed by atoms with Crippen molar-refractivity contribution in [2.24, 2.45) is 0 Å². The molecule has 0 bridgehead atoms. The highest BCUT2D eigenvalue weighted by atomic mass is 16.6. The molecule has 1 aromatic carbocycles. The van der Waals surface area contributed by atoms with Gasteiger partial charge in [-0.3, -0.25) is 15.1 Å². The average Bonchev–Trinajstić information content (AvgIpc) is 3.23. The third kappa shape index (κ3) is 7.72. The summed E-state index contributed by atoms with van der Waals surface area (Å²) in [5, 5.41) is 16.0. The van der Waals surface area contributed by atoms with Gasteiger partial charge in [-0.15, -0.1) is 0 Å². The van der Waals surface area contributed by atoms with E-state index in [2.05, 4.69) is 15.6 Å². The van der Waals surface area contributed by atoms with E-state index in [1.54, 1.807) is 32.9 Å². The number of anilines is 1. The number of hydrogen-bond donors (Lipinski definition) is 3. The first-order valence-electron chi connectivity index (χ1n) is 11.6. The van der Waals surface area contributed by atoms with Gasteiger partial charge in [-0.05, 0) is 51.7 Å². The normalized spacial score (nSPS) is 17.2. The van der Waals surface area contributed by atoms with Crippen molar-refractivity contribution in [2.75, 3.05) is 16.9 Å². The molecule has 1 fully saturated rings. The lowest BCUT2D eigenvalue weighted by molar-refractivity contribution is -0.135. The Morgan fingerprint density at radius 3 is 2.50 bits per heavy atom. The Balaban J connectivity index is 1.71. The predicted molar refractivity (Wildman–Crippen MR) is 130 cm³/mol. The van der Waals surface area contributed by atoms with E-state index in [1.165, 1.54) is 17.3 Å². The Morgan fingerprint density at radius 1 is 1.14 bits per heavy atom. The number of nitrogens with one attached hydrogen (secondary N) is 2. The van der Waals surface area contributed by atoms with Gasteiger partial charge in [0.15, 0.2) is 0 Å². The van der Waals surface area contributed by atoms with Crippen molar-refractivity contribution >= 4 is 24.0 Å². The van der Waals surface area contributed by atoms with E-state index in [-0.39, 0.29) is 12.4 Å². The summed E-state index contributed by atoms with van der Waals surface area (Å²) in [7, 11) is 0. The number of rotatable bonds is 8.